The summed E-state index contributed by atoms with van der Waals surface area (Å²) in [6.45, 7) is 6.77. The monoisotopic (exact) mass is 257 g/mol. The number of hydrogen-bond donors (Lipinski definition) is 1. The van der Waals surface area contributed by atoms with E-state index in [0.717, 1.165) is 30.4 Å². The van der Waals surface area contributed by atoms with Crippen molar-refractivity contribution in [2.75, 3.05) is 13.1 Å². The van der Waals surface area contributed by atoms with Crippen LogP contribution < -0.4 is 5.32 Å². The first-order valence-electron chi connectivity index (χ1n) is 7.38. The third kappa shape index (κ3) is 2.52. The van der Waals surface area contributed by atoms with Crippen molar-refractivity contribution >= 4 is 11.0 Å². The second-order valence-electron chi connectivity index (χ2n) is 6.10. The molecule has 1 heterocycles. The van der Waals surface area contributed by atoms with Crippen molar-refractivity contribution in [3.05, 3.63) is 30.6 Å². The molecule has 1 saturated carbocycles. The molecule has 19 heavy (non-hydrogen) atoms. The van der Waals surface area contributed by atoms with Crippen LogP contribution in [0.5, 0.6) is 0 Å². The number of hydrogen-bond acceptors (Lipinski definition) is 2. The zero-order valence-electron chi connectivity index (χ0n) is 11.8. The van der Waals surface area contributed by atoms with Crippen molar-refractivity contribution in [3.8, 4) is 0 Å². The third-order valence-electron chi connectivity index (χ3n) is 4.17. The van der Waals surface area contributed by atoms with Gasteiger partial charge in [-0.05, 0) is 49.9 Å². The number of aromatic nitrogens is 2. The van der Waals surface area contributed by atoms with Crippen LogP contribution in [0.1, 0.15) is 32.7 Å². The lowest BCUT2D eigenvalue weighted by molar-refractivity contribution is 0.180. The number of para-hydroxylation sites is 2. The lowest BCUT2D eigenvalue weighted by Gasteiger charge is -2.38. The van der Waals surface area contributed by atoms with Crippen molar-refractivity contribution in [2.24, 2.45) is 11.8 Å². The highest BCUT2D eigenvalue weighted by Crippen LogP contribution is 2.39. The predicted molar refractivity (Wildman–Crippen MR) is 79.2 cm³/mol. The summed E-state index contributed by atoms with van der Waals surface area (Å²) in [5, 5.41) is 3.59. The minimum atomic E-state index is 0.632. The molecule has 2 aromatic rings. The number of rotatable bonds is 5. The Hall–Kier alpha value is -1.35. The van der Waals surface area contributed by atoms with Crippen LogP contribution in [0.15, 0.2) is 30.6 Å². The SMILES string of the molecule is CC(C)CNCC1CCC1n1cnc2ccccc21. The number of nitrogens with one attached hydrogen (secondary N) is 1. The highest BCUT2D eigenvalue weighted by molar-refractivity contribution is 5.75. The first-order chi connectivity index (χ1) is 9.25. The minimum absolute atomic E-state index is 0.632. The van der Waals surface area contributed by atoms with E-state index in [-0.39, 0.29) is 0 Å². The largest absolute Gasteiger partial charge is 0.327 e. The summed E-state index contributed by atoms with van der Waals surface area (Å²) in [4.78, 5) is 4.51. The van der Waals surface area contributed by atoms with Crippen molar-refractivity contribution < 1.29 is 0 Å². The molecular formula is C16H23N3. The summed E-state index contributed by atoms with van der Waals surface area (Å²) >= 11 is 0. The lowest BCUT2D eigenvalue weighted by Crippen LogP contribution is -2.37. The highest BCUT2D eigenvalue weighted by atomic mass is 15.1. The maximum atomic E-state index is 4.51. The van der Waals surface area contributed by atoms with Gasteiger partial charge in [0.25, 0.3) is 0 Å². The maximum Gasteiger partial charge on any atom is 0.0961 e. The van der Waals surface area contributed by atoms with E-state index < -0.39 is 0 Å². The van der Waals surface area contributed by atoms with Crippen LogP contribution in [0.3, 0.4) is 0 Å². The molecule has 1 fully saturated rings. The molecule has 0 saturated heterocycles. The average molecular weight is 257 g/mol. The number of fused-ring (bicyclic) bond motifs is 1. The standard InChI is InChI=1S/C16H23N3/c1-12(2)9-17-10-13-7-8-15(13)19-11-18-14-5-3-4-6-16(14)19/h3-6,11-13,15,17H,7-10H2,1-2H3. The Kier molecular flexibility index (Phi) is 3.56. The molecule has 0 radical (unpaired) electrons. The molecule has 3 heteroatoms. The van der Waals surface area contributed by atoms with Gasteiger partial charge in [-0.1, -0.05) is 26.0 Å². The van der Waals surface area contributed by atoms with Crippen molar-refractivity contribution in [1.29, 1.82) is 0 Å². The van der Waals surface area contributed by atoms with Crippen molar-refractivity contribution in [1.82, 2.24) is 14.9 Å². The molecule has 2 atom stereocenters. The third-order valence-corrected chi connectivity index (χ3v) is 4.17. The van der Waals surface area contributed by atoms with E-state index in [2.05, 4.69) is 53.0 Å². The maximum absolute atomic E-state index is 4.51. The molecule has 0 spiro atoms. The van der Waals surface area contributed by atoms with Crippen LogP contribution in [0, 0.1) is 11.8 Å². The molecule has 0 aliphatic heterocycles. The van der Waals surface area contributed by atoms with E-state index in [0.29, 0.717) is 6.04 Å². The van der Waals surface area contributed by atoms with Gasteiger partial charge in [-0.15, -0.1) is 0 Å². The van der Waals surface area contributed by atoms with Gasteiger partial charge in [0, 0.05) is 6.04 Å². The van der Waals surface area contributed by atoms with Gasteiger partial charge >= 0.3 is 0 Å². The van der Waals surface area contributed by atoms with Crippen molar-refractivity contribution in [2.45, 2.75) is 32.7 Å². The van der Waals surface area contributed by atoms with E-state index in [1.807, 2.05) is 6.33 Å². The molecule has 2 unspecified atom stereocenters. The molecule has 1 aromatic heterocycles. The Bertz CT molecular complexity index is 544. The molecule has 1 aliphatic rings. The van der Waals surface area contributed by atoms with Crippen LogP contribution >= 0.6 is 0 Å². The smallest absolute Gasteiger partial charge is 0.0961 e. The van der Waals surface area contributed by atoms with Crippen LogP contribution in [-0.4, -0.2) is 22.6 Å². The molecule has 3 nitrogen and oxygen atoms in total. The fourth-order valence-corrected chi connectivity index (χ4v) is 2.96. The molecule has 3 rings (SSSR count). The Morgan fingerprint density at radius 1 is 1.32 bits per heavy atom. The Morgan fingerprint density at radius 3 is 2.89 bits per heavy atom. The topological polar surface area (TPSA) is 29.9 Å². The Morgan fingerprint density at radius 2 is 2.16 bits per heavy atom. The summed E-state index contributed by atoms with van der Waals surface area (Å²) in [5.41, 5.74) is 2.39. The average Bonchev–Trinajstić information content (AvgIpc) is 2.77. The van der Waals surface area contributed by atoms with E-state index in [1.165, 1.54) is 18.4 Å². The van der Waals surface area contributed by atoms with Gasteiger partial charge in [-0.3, -0.25) is 0 Å². The van der Waals surface area contributed by atoms with E-state index in [1.54, 1.807) is 0 Å². The fraction of sp³-hybridized carbons (Fsp3) is 0.562. The molecule has 0 bridgehead atoms. The van der Waals surface area contributed by atoms with E-state index in [4.69, 9.17) is 0 Å². The predicted octanol–water partition coefficient (Wildman–Crippen LogP) is 3.23. The zero-order chi connectivity index (χ0) is 13.2. The summed E-state index contributed by atoms with van der Waals surface area (Å²) in [5.74, 6) is 1.49. The number of benzene rings is 1. The van der Waals surface area contributed by atoms with Gasteiger partial charge in [0.2, 0.25) is 0 Å². The molecule has 1 aromatic carbocycles. The molecule has 102 valence electrons. The van der Waals surface area contributed by atoms with Crippen LogP contribution in [-0.2, 0) is 0 Å². The van der Waals surface area contributed by atoms with Gasteiger partial charge in [-0.2, -0.15) is 0 Å². The van der Waals surface area contributed by atoms with E-state index in [9.17, 15) is 0 Å². The quantitative estimate of drug-likeness (QED) is 0.891. The highest BCUT2D eigenvalue weighted by Gasteiger charge is 2.32. The number of imidazole rings is 1. The summed E-state index contributed by atoms with van der Waals surface area (Å²) in [6, 6.07) is 9.07. The first kappa shape index (κ1) is 12.7. The first-order valence-corrected chi connectivity index (χ1v) is 7.38. The fourth-order valence-electron chi connectivity index (χ4n) is 2.96. The minimum Gasteiger partial charge on any atom is -0.327 e. The second-order valence-corrected chi connectivity index (χ2v) is 6.10. The summed E-state index contributed by atoms with van der Waals surface area (Å²) in [7, 11) is 0. The lowest BCUT2D eigenvalue weighted by atomic mass is 9.79. The van der Waals surface area contributed by atoms with Gasteiger partial charge < -0.3 is 9.88 Å². The zero-order valence-corrected chi connectivity index (χ0v) is 11.8. The number of nitrogens with zero attached hydrogens (tertiary/aromatic N) is 2. The summed E-state index contributed by atoms with van der Waals surface area (Å²) in [6.07, 6.45) is 4.64. The van der Waals surface area contributed by atoms with Gasteiger partial charge in [-0.25, -0.2) is 4.98 Å². The van der Waals surface area contributed by atoms with Crippen LogP contribution in [0.25, 0.3) is 11.0 Å². The van der Waals surface area contributed by atoms with Crippen molar-refractivity contribution in [3.63, 3.8) is 0 Å². The Labute approximate surface area is 115 Å². The molecule has 0 amide bonds. The Balaban J connectivity index is 1.69. The van der Waals surface area contributed by atoms with Gasteiger partial charge in [0.1, 0.15) is 0 Å². The normalized spacial score (nSPS) is 22.9. The molecular weight excluding hydrogens is 234 g/mol. The molecule has 1 aliphatic carbocycles. The molecule has 1 N–H and O–H groups in total. The second kappa shape index (κ2) is 5.33. The van der Waals surface area contributed by atoms with Crippen LogP contribution in [0.2, 0.25) is 0 Å². The van der Waals surface area contributed by atoms with E-state index >= 15 is 0 Å². The van der Waals surface area contributed by atoms with Crippen LogP contribution in [0.4, 0.5) is 0 Å². The van der Waals surface area contributed by atoms with Gasteiger partial charge in [0.05, 0.1) is 17.4 Å². The van der Waals surface area contributed by atoms with Gasteiger partial charge in [0.15, 0.2) is 0 Å². The summed E-state index contributed by atoms with van der Waals surface area (Å²) < 4.78 is 2.38.